The molecule has 0 aliphatic heterocycles. The summed E-state index contributed by atoms with van der Waals surface area (Å²) in [5.74, 6) is 0.733. The molecule has 3 N–H and O–H groups in total. The normalized spacial score (nSPS) is 25.0. The lowest BCUT2D eigenvalue weighted by atomic mass is 9.54. The summed E-state index contributed by atoms with van der Waals surface area (Å²) in [6.45, 7) is 9.83. The lowest BCUT2D eigenvalue weighted by Gasteiger charge is -2.57. The first-order valence-electron chi connectivity index (χ1n) is 8.75. The highest BCUT2D eigenvalue weighted by Crippen LogP contribution is 2.49. The Labute approximate surface area is 144 Å². The first-order valence-corrected chi connectivity index (χ1v) is 8.75. The number of amides is 1. The lowest BCUT2D eigenvalue weighted by Crippen LogP contribution is -2.75. The SMILES string of the molecule is CCCOc1ccc(CNC(=O)C2(N)CC(OCC)C2(C)C)cc1. The molecule has 1 aromatic carbocycles. The van der Waals surface area contributed by atoms with Gasteiger partial charge in [-0.3, -0.25) is 4.79 Å². The summed E-state index contributed by atoms with van der Waals surface area (Å²) < 4.78 is 11.2. The van der Waals surface area contributed by atoms with Gasteiger partial charge in [0.15, 0.2) is 0 Å². The van der Waals surface area contributed by atoms with Crippen molar-refractivity contribution in [3.05, 3.63) is 29.8 Å². The van der Waals surface area contributed by atoms with Crippen molar-refractivity contribution < 1.29 is 14.3 Å². The number of benzene rings is 1. The number of hydrogen-bond acceptors (Lipinski definition) is 4. The molecule has 2 rings (SSSR count). The highest BCUT2D eigenvalue weighted by Gasteiger charge is 2.62. The van der Waals surface area contributed by atoms with Gasteiger partial charge in [0.2, 0.25) is 5.91 Å². The molecular formula is C19H30N2O3. The second-order valence-electron chi connectivity index (χ2n) is 7.02. The largest absolute Gasteiger partial charge is 0.494 e. The van der Waals surface area contributed by atoms with Crippen LogP contribution in [0.2, 0.25) is 0 Å². The van der Waals surface area contributed by atoms with E-state index < -0.39 is 5.54 Å². The molecule has 0 bridgehead atoms. The minimum absolute atomic E-state index is 0.0354. The van der Waals surface area contributed by atoms with Crippen molar-refractivity contribution in [2.75, 3.05) is 13.2 Å². The Morgan fingerprint density at radius 2 is 1.96 bits per heavy atom. The Balaban J connectivity index is 1.89. The van der Waals surface area contributed by atoms with Gasteiger partial charge in [-0.25, -0.2) is 0 Å². The van der Waals surface area contributed by atoms with E-state index in [0.29, 0.717) is 26.2 Å². The van der Waals surface area contributed by atoms with Crippen molar-refractivity contribution in [2.24, 2.45) is 11.1 Å². The molecule has 0 heterocycles. The second-order valence-corrected chi connectivity index (χ2v) is 7.02. The van der Waals surface area contributed by atoms with Crippen molar-refractivity contribution >= 4 is 5.91 Å². The van der Waals surface area contributed by atoms with E-state index in [1.54, 1.807) is 0 Å². The van der Waals surface area contributed by atoms with Gasteiger partial charge < -0.3 is 20.5 Å². The Morgan fingerprint density at radius 1 is 1.29 bits per heavy atom. The molecule has 1 aromatic rings. The molecule has 1 aliphatic carbocycles. The van der Waals surface area contributed by atoms with Crippen molar-refractivity contribution in [3.63, 3.8) is 0 Å². The van der Waals surface area contributed by atoms with Crippen LogP contribution in [0.15, 0.2) is 24.3 Å². The molecule has 0 saturated heterocycles. The molecule has 5 heteroatoms. The molecule has 134 valence electrons. The van der Waals surface area contributed by atoms with Gasteiger partial charge in [-0.2, -0.15) is 0 Å². The van der Waals surface area contributed by atoms with Crippen LogP contribution in [-0.4, -0.2) is 30.8 Å². The van der Waals surface area contributed by atoms with E-state index in [1.807, 2.05) is 45.0 Å². The van der Waals surface area contributed by atoms with Crippen LogP contribution in [0, 0.1) is 5.41 Å². The van der Waals surface area contributed by atoms with E-state index >= 15 is 0 Å². The number of rotatable bonds is 8. The molecule has 0 aromatic heterocycles. The maximum Gasteiger partial charge on any atom is 0.241 e. The van der Waals surface area contributed by atoms with Crippen LogP contribution in [0.5, 0.6) is 5.75 Å². The van der Waals surface area contributed by atoms with Gasteiger partial charge in [-0.15, -0.1) is 0 Å². The third-order valence-corrected chi connectivity index (χ3v) is 5.08. The Hall–Kier alpha value is -1.59. The summed E-state index contributed by atoms with van der Waals surface area (Å²) in [7, 11) is 0. The third kappa shape index (κ3) is 3.57. The summed E-state index contributed by atoms with van der Waals surface area (Å²) >= 11 is 0. The van der Waals surface area contributed by atoms with Gasteiger partial charge in [-0.1, -0.05) is 32.9 Å². The molecule has 5 nitrogen and oxygen atoms in total. The Kier molecular flexibility index (Phi) is 5.88. The average molecular weight is 334 g/mol. The van der Waals surface area contributed by atoms with Crippen molar-refractivity contribution in [1.29, 1.82) is 0 Å². The fourth-order valence-corrected chi connectivity index (χ4v) is 3.08. The number of carbonyl (C=O) groups excluding carboxylic acids is 1. The van der Waals surface area contributed by atoms with Gasteiger partial charge in [0.05, 0.1) is 12.7 Å². The van der Waals surface area contributed by atoms with Crippen LogP contribution in [0.25, 0.3) is 0 Å². The number of nitrogens with two attached hydrogens (primary N) is 1. The topological polar surface area (TPSA) is 73.6 Å². The van der Waals surface area contributed by atoms with E-state index in [-0.39, 0.29) is 17.4 Å². The molecule has 24 heavy (non-hydrogen) atoms. The molecule has 1 aliphatic rings. The third-order valence-electron chi connectivity index (χ3n) is 5.08. The van der Waals surface area contributed by atoms with Crippen LogP contribution in [0.4, 0.5) is 0 Å². The second kappa shape index (κ2) is 7.53. The van der Waals surface area contributed by atoms with Gasteiger partial charge in [0.1, 0.15) is 11.3 Å². The highest BCUT2D eigenvalue weighted by atomic mass is 16.5. The summed E-state index contributed by atoms with van der Waals surface area (Å²) in [5, 5.41) is 2.96. The monoisotopic (exact) mass is 334 g/mol. The molecule has 1 amide bonds. The van der Waals surface area contributed by atoms with E-state index in [9.17, 15) is 4.79 Å². The predicted octanol–water partition coefficient (Wildman–Crippen LogP) is 2.62. The molecule has 0 radical (unpaired) electrons. The molecule has 0 spiro atoms. The van der Waals surface area contributed by atoms with E-state index in [1.165, 1.54) is 0 Å². The minimum Gasteiger partial charge on any atom is -0.494 e. The molecule has 1 fully saturated rings. The predicted molar refractivity (Wildman–Crippen MR) is 94.8 cm³/mol. The minimum atomic E-state index is -0.878. The summed E-state index contributed by atoms with van der Waals surface area (Å²) in [6, 6.07) is 7.77. The zero-order valence-electron chi connectivity index (χ0n) is 15.2. The van der Waals surface area contributed by atoms with Crippen LogP contribution in [-0.2, 0) is 16.1 Å². The fourth-order valence-electron chi connectivity index (χ4n) is 3.08. The standard InChI is InChI=1S/C19H30N2O3/c1-5-11-24-15-9-7-14(8-10-15)13-21-17(22)19(20)12-16(23-6-2)18(19,3)4/h7-10,16H,5-6,11-13,20H2,1-4H3,(H,21,22). The number of nitrogens with one attached hydrogen (secondary N) is 1. The van der Waals surface area contributed by atoms with Crippen LogP contribution in [0.1, 0.15) is 46.1 Å². The smallest absolute Gasteiger partial charge is 0.241 e. The van der Waals surface area contributed by atoms with E-state index in [0.717, 1.165) is 17.7 Å². The summed E-state index contributed by atoms with van der Waals surface area (Å²) in [6.07, 6.45) is 1.58. The van der Waals surface area contributed by atoms with E-state index in [4.69, 9.17) is 15.2 Å². The zero-order valence-corrected chi connectivity index (χ0v) is 15.2. The summed E-state index contributed by atoms with van der Waals surface area (Å²) in [4.78, 5) is 12.6. The molecule has 2 atom stereocenters. The zero-order chi connectivity index (χ0) is 17.8. The average Bonchev–Trinajstić information content (AvgIpc) is 2.58. The van der Waals surface area contributed by atoms with Gasteiger partial charge in [0.25, 0.3) is 0 Å². The number of carbonyl (C=O) groups is 1. The van der Waals surface area contributed by atoms with Crippen LogP contribution in [0.3, 0.4) is 0 Å². The first-order chi connectivity index (χ1) is 11.3. The van der Waals surface area contributed by atoms with E-state index in [2.05, 4.69) is 12.2 Å². The maximum absolute atomic E-state index is 12.6. The van der Waals surface area contributed by atoms with Crippen molar-refractivity contribution in [3.8, 4) is 5.75 Å². The van der Waals surface area contributed by atoms with Gasteiger partial charge in [-0.05, 0) is 31.0 Å². The van der Waals surface area contributed by atoms with Crippen LogP contribution < -0.4 is 15.8 Å². The maximum atomic E-state index is 12.6. The van der Waals surface area contributed by atoms with Crippen molar-refractivity contribution in [2.45, 2.75) is 58.7 Å². The molecule has 1 saturated carbocycles. The molecule has 2 unspecified atom stereocenters. The van der Waals surface area contributed by atoms with Crippen LogP contribution >= 0.6 is 0 Å². The fraction of sp³-hybridized carbons (Fsp3) is 0.632. The Bertz CT molecular complexity index is 556. The first kappa shape index (κ1) is 18.7. The summed E-state index contributed by atoms with van der Waals surface area (Å²) in [5.41, 5.74) is 6.15. The van der Waals surface area contributed by atoms with Gasteiger partial charge >= 0.3 is 0 Å². The lowest BCUT2D eigenvalue weighted by molar-refractivity contribution is -0.170. The molecular weight excluding hydrogens is 304 g/mol. The van der Waals surface area contributed by atoms with Gasteiger partial charge in [0, 0.05) is 25.0 Å². The highest BCUT2D eigenvalue weighted by molar-refractivity contribution is 5.88. The quantitative estimate of drug-likeness (QED) is 0.766. The van der Waals surface area contributed by atoms with Crippen molar-refractivity contribution in [1.82, 2.24) is 5.32 Å². The Morgan fingerprint density at radius 3 is 2.50 bits per heavy atom. The number of ether oxygens (including phenoxy) is 2. The number of hydrogen-bond donors (Lipinski definition) is 2.